The first-order chi connectivity index (χ1) is 12.4. The number of benzene rings is 1. The lowest BCUT2D eigenvalue weighted by Crippen LogP contribution is -2.44. The van der Waals surface area contributed by atoms with Gasteiger partial charge in [-0.2, -0.15) is 0 Å². The fourth-order valence-electron chi connectivity index (χ4n) is 3.29. The molecular formula is C15H16FN3O6S. The van der Waals surface area contributed by atoms with Gasteiger partial charge in [-0.3, -0.25) is 15.4 Å². The first-order valence-electron chi connectivity index (χ1n) is 7.65. The number of non-ortho nitro benzene ring substituents is 1. The van der Waals surface area contributed by atoms with Gasteiger partial charge in [0.05, 0.1) is 24.2 Å². The molecule has 0 radical (unpaired) electrons. The summed E-state index contributed by atoms with van der Waals surface area (Å²) in [5.41, 5.74) is -1.52. The molecule has 9 nitrogen and oxygen atoms in total. The maximum Gasteiger partial charge on any atom is 0.410 e. The third-order valence-corrected chi connectivity index (χ3v) is 5.44. The van der Waals surface area contributed by atoms with Crippen molar-refractivity contribution >= 4 is 28.7 Å². The molecule has 0 unspecified atom stereocenters. The predicted molar refractivity (Wildman–Crippen MR) is 90.9 cm³/mol. The molecule has 0 bridgehead atoms. The van der Waals surface area contributed by atoms with Crippen molar-refractivity contribution in [3.05, 3.63) is 39.7 Å². The highest BCUT2D eigenvalue weighted by Crippen LogP contribution is 2.48. The molecule has 0 saturated carbocycles. The maximum absolute atomic E-state index is 14.6. The number of nitrogens with zero attached hydrogens (tertiary/aromatic N) is 2. The number of nitro groups is 1. The summed E-state index contributed by atoms with van der Waals surface area (Å²) in [5.74, 6) is -0.592. The number of thioether (sulfide) groups is 1. The molecule has 2 aliphatic rings. The second-order valence-electron chi connectivity index (χ2n) is 5.91. The number of hydrogen-bond donors (Lipinski definition) is 2. The Morgan fingerprint density at radius 3 is 3.08 bits per heavy atom. The number of fused-ring (bicyclic) bond motifs is 1. The molecular weight excluding hydrogens is 369 g/mol. The molecule has 3 rings (SSSR count). The number of hydrogen-bond acceptors (Lipinski definition) is 7. The number of aliphatic imine (C=N–C) groups is 1. The van der Waals surface area contributed by atoms with Crippen molar-refractivity contribution in [1.82, 2.24) is 5.32 Å². The highest BCUT2D eigenvalue weighted by molar-refractivity contribution is 8.13. The number of nitrogens with one attached hydrogen (secondary N) is 1. The molecule has 140 valence electrons. The van der Waals surface area contributed by atoms with Crippen LogP contribution < -0.4 is 5.32 Å². The Morgan fingerprint density at radius 2 is 2.42 bits per heavy atom. The summed E-state index contributed by atoms with van der Waals surface area (Å²) < 4.78 is 25.5. The SMILES string of the molecule is COC[C@H]1OC[C@]2(c3cc([N+](=O)[O-])ccc3F)N=C(NC(=O)O)SC[C@H]12. The molecule has 2 N–H and O–H groups in total. The van der Waals surface area contributed by atoms with Crippen LogP contribution in [0.15, 0.2) is 23.2 Å². The van der Waals surface area contributed by atoms with Crippen LogP contribution in [-0.4, -0.2) is 53.5 Å². The van der Waals surface area contributed by atoms with E-state index in [-0.39, 0.29) is 41.7 Å². The second-order valence-corrected chi connectivity index (χ2v) is 6.92. The number of carbonyl (C=O) groups is 1. The third-order valence-electron chi connectivity index (χ3n) is 4.45. The molecule has 1 aromatic rings. The van der Waals surface area contributed by atoms with E-state index in [4.69, 9.17) is 14.6 Å². The molecule has 1 amide bonds. The number of methoxy groups -OCH3 is 1. The topological polar surface area (TPSA) is 123 Å². The molecule has 1 fully saturated rings. The Balaban J connectivity index is 2.12. The fraction of sp³-hybridized carbons (Fsp3) is 0.467. The minimum Gasteiger partial charge on any atom is -0.465 e. The van der Waals surface area contributed by atoms with Crippen molar-refractivity contribution in [3.8, 4) is 0 Å². The smallest absolute Gasteiger partial charge is 0.410 e. The van der Waals surface area contributed by atoms with Gasteiger partial charge in [0.25, 0.3) is 5.69 Å². The monoisotopic (exact) mass is 385 g/mol. The van der Waals surface area contributed by atoms with Crippen LogP contribution >= 0.6 is 11.8 Å². The Bertz CT molecular complexity index is 776. The van der Waals surface area contributed by atoms with Crippen molar-refractivity contribution < 1.29 is 28.7 Å². The Labute approximate surface area is 151 Å². The summed E-state index contributed by atoms with van der Waals surface area (Å²) >= 11 is 1.17. The van der Waals surface area contributed by atoms with Crippen LogP contribution in [0.4, 0.5) is 14.9 Å². The van der Waals surface area contributed by atoms with E-state index < -0.39 is 22.4 Å². The Hall–Kier alpha value is -2.24. The number of amidine groups is 1. The van der Waals surface area contributed by atoms with E-state index in [9.17, 15) is 19.3 Å². The van der Waals surface area contributed by atoms with Gasteiger partial charge in [0.2, 0.25) is 0 Å². The van der Waals surface area contributed by atoms with Crippen LogP contribution in [-0.2, 0) is 15.0 Å². The lowest BCUT2D eigenvalue weighted by Gasteiger charge is -2.36. The lowest BCUT2D eigenvalue weighted by molar-refractivity contribution is -0.385. The molecule has 0 aliphatic carbocycles. The van der Waals surface area contributed by atoms with Crippen molar-refractivity contribution in [2.75, 3.05) is 26.1 Å². The fourth-order valence-corrected chi connectivity index (χ4v) is 4.50. The average Bonchev–Trinajstić information content (AvgIpc) is 2.93. The number of rotatable bonds is 4. The molecule has 2 heterocycles. The summed E-state index contributed by atoms with van der Waals surface area (Å²) in [6.07, 6.45) is -1.68. The van der Waals surface area contributed by atoms with E-state index in [1.165, 1.54) is 18.9 Å². The van der Waals surface area contributed by atoms with Gasteiger partial charge < -0.3 is 14.6 Å². The van der Waals surface area contributed by atoms with Gasteiger partial charge in [-0.05, 0) is 6.07 Å². The number of halogens is 1. The zero-order valence-corrected chi connectivity index (χ0v) is 14.5. The van der Waals surface area contributed by atoms with Crippen molar-refractivity contribution in [1.29, 1.82) is 0 Å². The van der Waals surface area contributed by atoms with Crippen LogP contribution in [0.25, 0.3) is 0 Å². The summed E-state index contributed by atoms with van der Waals surface area (Å²) in [4.78, 5) is 25.9. The van der Waals surface area contributed by atoms with Crippen LogP contribution in [0, 0.1) is 21.8 Å². The van der Waals surface area contributed by atoms with Gasteiger partial charge in [0.15, 0.2) is 5.17 Å². The zero-order valence-electron chi connectivity index (χ0n) is 13.7. The average molecular weight is 385 g/mol. The highest BCUT2D eigenvalue weighted by Gasteiger charge is 2.54. The molecule has 1 aromatic carbocycles. The third kappa shape index (κ3) is 3.24. The van der Waals surface area contributed by atoms with E-state index in [1.807, 2.05) is 0 Å². The lowest BCUT2D eigenvalue weighted by atomic mass is 9.78. The van der Waals surface area contributed by atoms with Crippen LogP contribution in [0.5, 0.6) is 0 Å². The van der Waals surface area contributed by atoms with Gasteiger partial charge in [-0.1, -0.05) is 11.8 Å². The quantitative estimate of drug-likeness (QED) is 0.600. The van der Waals surface area contributed by atoms with Crippen molar-refractivity contribution in [2.24, 2.45) is 10.9 Å². The second kappa shape index (κ2) is 7.17. The van der Waals surface area contributed by atoms with Crippen LogP contribution in [0.1, 0.15) is 5.56 Å². The zero-order chi connectivity index (χ0) is 18.9. The van der Waals surface area contributed by atoms with E-state index in [1.54, 1.807) is 0 Å². The number of ether oxygens (including phenoxy) is 2. The minimum absolute atomic E-state index is 0.0142. The molecule has 26 heavy (non-hydrogen) atoms. The Kier molecular flexibility index (Phi) is 5.12. The van der Waals surface area contributed by atoms with E-state index in [2.05, 4.69) is 10.3 Å². The largest absolute Gasteiger partial charge is 0.465 e. The number of nitro benzene ring substituents is 1. The van der Waals surface area contributed by atoms with Crippen LogP contribution in [0.2, 0.25) is 0 Å². The highest BCUT2D eigenvalue weighted by atomic mass is 32.2. The summed E-state index contributed by atoms with van der Waals surface area (Å²) in [7, 11) is 1.51. The molecule has 2 aliphatic heterocycles. The number of amides is 1. The van der Waals surface area contributed by atoms with Crippen molar-refractivity contribution in [2.45, 2.75) is 11.6 Å². The van der Waals surface area contributed by atoms with E-state index in [0.717, 1.165) is 18.2 Å². The molecule has 1 saturated heterocycles. The molecule has 3 atom stereocenters. The van der Waals surface area contributed by atoms with E-state index >= 15 is 0 Å². The standard InChI is InChI=1S/C15H16FN3O6S/c1-24-5-12-10-6-26-13(17-14(20)21)18-15(10,7-25-12)9-4-8(19(22)23)2-3-11(9)16/h2-4,10,12H,5-7H2,1H3,(H,17,18)(H,20,21)/t10-,12-,15-/m1/s1. The molecule has 0 aromatic heterocycles. The Morgan fingerprint density at radius 1 is 1.65 bits per heavy atom. The molecule has 0 spiro atoms. The minimum atomic E-state index is -1.29. The molecule has 11 heteroatoms. The van der Waals surface area contributed by atoms with Gasteiger partial charge >= 0.3 is 6.09 Å². The summed E-state index contributed by atoms with van der Waals surface area (Å²) in [6, 6.07) is 3.23. The summed E-state index contributed by atoms with van der Waals surface area (Å²) in [5, 5.41) is 22.3. The normalized spacial score (nSPS) is 27.5. The predicted octanol–water partition coefficient (Wildman–Crippen LogP) is 1.96. The van der Waals surface area contributed by atoms with Gasteiger partial charge in [0.1, 0.15) is 11.4 Å². The van der Waals surface area contributed by atoms with Crippen LogP contribution in [0.3, 0.4) is 0 Å². The first kappa shape index (κ1) is 18.5. The van der Waals surface area contributed by atoms with E-state index in [0.29, 0.717) is 5.75 Å². The summed E-state index contributed by atoms with van der Waals surface area (Å²) in [6.45, 7) is 0.218. The first-order valence-corrected chi connectivity index (χ1v) is 8.63. The number of carboxylic acid groups (broad SMARTS) is 1. The van der Waals surface area contributed by atoms with Gasteiger partial charge in [0, 0.05) is 36.5 Å². The van der Waals surface area contributed by atoms with Gasteiger partial charge in [-0.25, -0.2) is 14.2 Å². The van der Waals surface area contributed by atoms with Gasteiger partial charge in [-0.15, -0.1) is 0 Å². The maximum atomic E-state index is 14.6. The van der Waals surface area contributed by atoms with Crippen molar-refractivity contribution in [3.63, 3.8) is 0 Å².